The lowest BCUT2D eigenvalue weighted by atomic mass is 9.79. The summed E-state index contributed by atoms with van der Waals surface area (Å²) in [5, 5.41) is 0. The van der Waals surface area contributed by atoms with E-state index in [-0.39, 0.29) is 11.4 Å². The third kappa shape index (κ3) is 20.3. The van der Waals surface area contributed by atoms with Gasteiger partial charge in [-0.1, -0.05) is 181 Å². The third-order valence-corrected chi connectivity index (χ3v) is 9.11. The Morgan fingerprint density at radius 1 is 0.512 bits per heavy atom. The zero-order chi connectivity index (χ0) is 29.9. The molecule has 0 fully saturated rings. The Bertz CT molecular complexity index is 709. The molecule has 0 aliphatic rings. The summed E-state index contributed by atoms with van der Waals surface area (Å²) in [7, 11) is 0. The SMILES string of the molecule is CCCCCCCCCCCCC(C)(CCCCCCCCCC)C(=O)Oc1ccc(CCCCCCCC)cc1. The molecule has 0 aliphatic heterocycles. The Morgan fingerprint density at radius 3 is 1.24 bits per heavy atom. The van der Waals surface area contributed by atoms with Crippen LogP contribution in [0.5, 0.6) is 5.75 Å². The zero-order valence-corrected chi connectivity index (χ0v) is 28.2. The molecule has 1 unspecified atom stereocenters. The molecule has 2 nitrogen and oxygen atoms in total. The normalized spacial score (nSPS) is 12.9. The van der Waals surface area contributed by atoms with Gasteiger partial charge in [-0.3, -0.25) is 4.79 Å². The summed E-state index contributed by atoms with van der Waals surface area (Å²) < 4.78 is 6.03. The van der Waals surface area contributed by atoms with Crippen LogP contribution in [0.2, 0.25) is 0 Å². The fraction of sp³-hybridized carbons (Fsp3) is 0.821. The van der Waals surface area contributed by atoms with Crippen molar-refractivity contribution in [3.8, 4) is 5.75 Å². The lowest BCUT2D eigenvalue weighted by Crippen LogP contribution is -2.32. The van der Waals surface area contributed by atoms with Gasteiger partial charge in [0.2, 0.25) is 0 Å². The van der Waals surface area contributed by atoms with Crippen LogP contribution in [-0.2, 0) is 11.2 Å². The molecule has 41 heavy (non-hydrogen) atoms. The fourth-order valence-corrected chi connectivity index (χ4v) is 6.04. The smallest absolute Gasteiger partial charge is 0.317 e. The maximum Gasteiger partial charge on any atom is 0.317 e. The first-order valence-corrected chi connectivity index (χ1v) is 18.4. The van der Waals surface area contributed by atoms with Crippen LogP contribution in [0.4, 0.5) is 0 Å². The van der Waals surface area contributed by atoms with Crippen LogP contribution in [-0.4, -0.2) is 5.97 Å². The fourth-order valence-electron chi connectivity index (χ4n) is 6.04. The van der Waals surface area contributed by atoms with Crippen molar-refractivity contribution in [2.24, 2.45) is 5.41 Å². The molecule has 238 valence electrons. The molecule has 0 aromatic heterocycles. The molecule has 1 rings (SSSR count). The molecule has 1 atom stereocenters. The molecule has 0 N–H and O–H groups in total. The maximum absolute atomic E-state index is 13.5. The van der Waals surface area contributed by atoms with Crippen molar-refractivity contribution in [2.45, 2.75) is 201 Å². The summed E-state index contributed by atoms with van der Waals surface area (Å²) in [6, 6.07) is 8.35. The van der Waals surface area contributed by atoms with Crippen molar-refractivity contribution >= 4 is 5.97 Å². The second-order valence-corrected chi connectivity index (χ2v) is 13.3. The van der Waals surface area contributed by atoms with E-state index in [4.69, 9.17) is 4.74 Å². The zero-order valence-electron chi connectivity index (χ0n) is 28.2. The van der Waals surface area contributed by atoms with Gasteiger partial charge in [-0.15, -0.1) is 0 Å². The highest BCUT2D eigenvalue weighted by atomic mass is 16.5. The highest BCUT2D eigenvalue weighted by molar-refractivity contribution is 5.78. The van der Waals surface area contributed by atoms with E-state index < -0.39 is 0 Å². The minimum absolute atomic E-state index is 0.0138. The maximum atomic E-state index is 13.5. The van der Waals surface area contributed by atoms with E-state index in [9.17, 15) is 4.79 Å². The molecule has 0 bridgehead atoms. The third-order valence-electron chi connectivity index (χ3n) is 9.11. The first kappa shape index (κ1) is 37.7. The molecular weight excluding hydrogens is 500 g/mol. The Hall–Kier alpha value is -1.31. The van der Waals surface area contributed by atoms with Gasteiger partial charge in [-0.25, -0.2) is 0 Å². The first-order valence-electron chi connectivity index (χ1n) is 18.4. The van der Waals surface area contributed by atoms with Gasteiger partial charge in [0, 0.05) is 0 Å². The van der Waals surface area contributed by atoms with Crippen molar-refractivity contribution in [3.63, 3.8) is 0 Å². The van der Waals surface area contributed by atoms with Gasteiger partial charge in [0.05, 0.1) is 5.41 Å². The van der Waals surface area contributed by atoms with Gasteiger partial charge in [0.25, 0.3) is 0 Å². The highest BCUT2D eigenvalue weighted by Crippen LogP contribution is 2.34. The summed E-state index contributed by atoms with van der Waals surface area (Å²) in [4.78, 5) is 13.5. The van der Waals surface area contributed by atoms with Crippen LogP contribution in [0.3, 0.4) is 0 Å². The quantitative estimate of drug-likeness (QED) is 0.0544. The van der Waals surface area contributed by atoms with Gasteiger partial charge in [-0.2, -0.15) is 0 Å². The molecule has 0 saturated heterocycles. The predicted octanol–water partition coefficient (Wildman–Crippen LogP) is 13.3. The minimum Gasteiger partial charge on any atom is -0.426 e. The van der Waals surface area contributed by atoms with E-state index in [1.807, 2.05) is 12.1 Å². The first-order chi connectivity index (χ1) is 20.1. The molecule has 0 saturated carbocycles. The van der Waals surface area contributed by atoms with Crippen molar-refractivity contribution in [3.05, 3.63) is 29.8 Å². The molecule has 0 spiro atoms. The predicted molar refractivity (Wildman–Crippen MR) is 181 cm³/mol. The summed E-state index contributed by atoms with van der Waals surface area (Å²) in [6.45, 7) is 9.01. The number of aryl methyl sites for hydroxylation is 1. The number of carbonyl (C=O) groups excluding carboxylic acids is 1. The van der Waals surface area contributed by atoms with E-state index in [0.29, 0.717) is 5.75 Å². The summed E-state index contributed by atoms with van der Waals surface area (Å²) in [6.07, 6.45) is 34.7. The Morgan fingerprint density at radius 2 is 0.854 bits per heavy atom. The van der Waals surface area contributed by atoms with Gasteiger partial charge in [0.15, 0.2) is 0 Å². The minimum atomic E-state index is -0.375. The number of hydrogen-bond acceptors (Lipinski definition) is 2. The monoisotopic (exact) mass is 571 g/mol. The highest BCUT2D eigenvalue weighted by Gasteiger charge is 2.34. The summed E-state index contributed by atoms with van der Waals surface area (Å²) in [5.74, 6) is 0.701. The number of unbranched alkanes of at least 4 members (excludes halogenated alkanes) is 21. The van der Waals surface area contributed by atoms with Crippen molar-refractivity contribution in [2.75, 3.05) is 0 Å². The largest absolute Gasteiger partial charge is 0.426 e. The number of esters is 1. The molecular formula is C39H70O2. The molecule has 1 aromatic carbocycles. The van der Waals surface area contributed by atoms with E-state index in [0.717, 1.165) is 32.1 Å². The van der Waals surface area contributed by atoms with Gasteiger partial charge in [0.1, 0.15) is 5.75 Å². The average Bonchev–Trinajstić information content (AvgIpc) is 2.98. The number of ether oxygens (including phenoxy) is 1. The topological polar surface area (TPSA) is 26.3 Å². The van der Waals surface area contributed by atoms with Crippen LogP contribution in [0, 0.1) is 5.41 Å². The van der Waals surface area contributed by atoms with Crippen LogP contribution >= 0.6 is 0 Å². The molecule has 0 amide bonds. The van der Waals surface area contributed by atoms with Gasteiger partial charge >= 0.3 is 5.97 Å². The van der Waals surface area contributed by atoms with Crippen LogP contribution in [0.1, 0.15) is 200 Å². The van der Waals surface area contributed by atoms with Crippen LogP contribution in [0.25, 0.3) is 0 Å². The van der Waals surface area contributed by atoms with Crippen molar-refractivity contribution in [1.29, 1.82) is 0 Å². The van der Waals surface area contributed by atoms with Gasteiger partial charge in [-0.05, 0) is 50.3 Å². The molecule has 0 heterocycles. The number of rotatable bonds is 29. The number of hydrogen-bond donors (Lipinski definition) is 0. The standard InChI is InChI=1S/C39H70O2/c1-5-8-11-14-17-19-20-22-25-28-35-39(4,34-27-24-21-18-15-12-9-6-2)38(40)41-37-32-30-36(31-33-37)29-26-23-16-13-10-7-3/h30-33H,5-29,34-35H2,1-4H3. The second-order valence-electron chi connectivity index (χ2n) is 13.3. The molecule has 0 aliphatic carbocycles. The summed E-state index contributed by atoms with van der Waals surface area (Å²) >= 11 is 0. The molecule has 1 aromatic rings. The number of benzene rings is 1. The van der Waals surface area contributed by atoms with E-state index in [1.165, 1.54) is 147 Å². The van der Waals surface area contributed by atoms with Crippen molar-refractivity contribution in [1.82, 2.24) is 0 Å². The summed E-state index contributed by atoms with van der Waals surface area (Å²) in [5.41, 5.74) is 0.979. The van der Waals surface area contributed by atoms with Crippen LogP contribution in [0.15, 0.2) is 24.3 Å². The van der Waals surface area contributed by atoms with Gasteiger partial charge < -0.3 is 4.74 Å². The molecule has 2 heteroatoms. The van der Waals surface area contributed by atoms with Crippen LogP contribution < -0.4 is 4.74 Å². The number of carbonyl (C=O) groups is 1. The average molecular weight is 571 g/mol. The second kappa shape index (κ2) is 26.3. The Balaban J connectivity index is 2.50. The lowest BCUT2D eigenvalue weighted by molar-refractivity contribution is -0.146. The van der Waals surface area contributed by atoms with E-state index in [2.05, 4.69) is 39.8 Å². The van der Waals surface area contributed by atoms with Crippen molar-refractivity contribution < 1.29 is 9.53 Å². The Labute approximate surface area is 257 Å². The van der Waals surface area contributed by atoms with E-state index in [1.54, 1.807) is 0 Å². The lowest BCUT2D eigenvalue weighted by Gasteiger charge is -2.27. The van der Waals surface area contributed by atoms with E-state index >= 15 is 0 Å². The Kier molecular flexibility index (Phi) is 24.2. The molecule has 0 radical (unpaired) electrons.